The van der Waals surface area contributed by atoms with Crippen LogP contribution in [0.5, 0.6) is 0 Å². The maximum absolute atomic E-state index is 5.18. The molecule has 0 amide bonds. The second-order valence-corrected chi connectivity index (χ2v) is 5.32. The fourth-order valence-electron chi connectivity index (χ4n) is 2.83. The van der Waals surface area contributed by atoms with Crippen LogP contribution in [0.3, 0.4) is 0 Å². The Hall–Kier alpha value is -0.0800. The lowest BCUT2D eigenvalue weighted by atomic mass is 9.77. The van der Waals surface area contributed by atoms with Gasteiger partial charge in [-0.05, 0) is 31.6 Å². The highest BCUT2D eigenvalue weighted by Gasteiger charge is 2.27. The van der Waals surface area contributed by atoms with Crippen LogP contribution in [0.4, 0.5) is 0 Å². The van der Waals surface area contributed by atoms with E-state index >= 15 is 0 Å². The molecule has 0 aromatic heterocycles. The van der Waals surface area contributed by atoms with Gasteiger partial charge in [0.15, 0.2) is 0 Å². The molecule has 3 unspecified atom stereocenters. The van der Waals surface area contributed by atoms with E-state index in [1.165, 1.54) is 25.7 Å². The van der Waals surface area contributed by atoms with Gasteiger partial charge in [0.2, 0.25) is 0 Å². The molecule has 1 saturated carbocycles. The van der Waals surface area contributed by atoms with Crippen LogP contribution < -0.4 is 5.32 Å². The van der Waals surface area contributed by atoms with Gasteiger partial charge in [0.1, 0.15) is 0 Å². The minimum Gasteiger partial charge on any atom is -0.383 e. The summed E-state index contributed by atoms with van der Waals surface area (Å²) in [7, 11) is 1.78. The summed E-state index contributed by atoms with van der Waals surface area (Å²) >= 11 is 0. The van der Waals surface area contributed by atoms with Gasteiger partial charge in [-0.25, -0.2) is 0 Å². The Bertz CT molecular complexity index is 170. The molecule has 0 radical (unpaired) electrons. The molecule has 0 saturated heterocycles. The second kappa shape index (κ2) is 6.49. The molecule has 0 aromatic rings. The third-order valence-electron chi connectivity index (χ3n) is 3.59. The molecule has 1 fully saturated rings. The van der Waals surface area contributed by atoms with Gasteiger partial charge in [0, 0.05) is 19.2 Å². The van der Waals surface area contributed by atoms with Gasteiger partial charge in [-0.1, -0.05) is 26.7 Å². The summed E-state index contributed by atoms with van der Waals surface area (Å²) in [6.07, 6.45) is 5.55. The zero-order chi connectivity index (χ0) is 11.3. The van der Waals surface area contributed by atoms with Crippen LogP contribution in [-0.2, 0) is 4.74 Å². The first-order chi connectivity index (χ1) is 7.15. The fraction of sp³-hybridized carbons (Fsp3) is 1.00. The Morgan fingerprint density at radius 1 is 1.20 bits per heavy atom. The number of hydrogen-bond acceptors (Lipinski definition) is 2. The van der Waals surface area contributed by atoms with Gasteiger partial charge >= 0.3 is 0 Å². The fourth-order valence-corrected chi connectivity index (χ4v) is 2.83. The second-order valence-electron chi connectivity index (χ2n) is 5.32. The van der Waals surface area contributed by atoms with E-state index in [2.05, 4.69) is 26.1 Å². The molecule has 0 spiro atoms. The van der Waals surface area contributed by atoms with Crippen molar-refractivity contribution in [2.24, 2.45) is 11.8 Å². The SMILES string of the molecule is COCC(C)NC1CCCCC1C(C)C. The Kier molecular flexibility index (Phi) is 5.62. The molecule has 1 aliphatic carbocycles. The van der Waals surface area contributed by atoms with E-state index < -0.39 is 0 Å². The molecule has 0 heterocycles. The zero-order valence-electron chi connectivity index (χ0n) is 10.8. The van der Waals surface area contributed by atoms with E-state index in [-0.39, 0.29) is 0 Å². The first-order valence-electron chi connectivity index (χ1n) is 6.40. The van der Waals surface area contributed by atoms with Crippen LogP contribution in [0.15, 0.2) is 0 Å². The third-order valence-corrected chi connectivity index (χ3v) is 3.59. The molecule has 15 heavy (non-hydrogen) atoms. The lowest BCUT2D eigenvalue weighted by Crippen LogP contribution is -2.46. The topological polar surface area (TPSA) is 21.3 Å². The number of hydrogen-bond donors (Lipinski definition) is 1. The van der Waals surface area contributed by atoms with Crippen molar-refractivity contribution in [3.05, 3.63) is 0 Å². The summed E-state index contributed by atoms with van der Waals surface area (Å²) in [6.45, 7) is 7.74. The highest BCUT2D eigenvalue weighted by Crippen LogP contribution is 2.30. The highest BCUT2D eigenvalue weighted by molar-refractivity contribution is 4.84. The van der Waals surface area contributed by atoms with Crippen molar-refractivity contribution in [3.8, 4) is 0 Å². The largest absolute Gasteiger partial charge is 0.383 e. The Balaban J connectivity index is 2.42. The number of ether oxygens (including phenoxy) is 1. The quantitative estimate of drug-likeness (QED) is 0.758. The zero-order valence-corrected chi connectivity index (χ0v) is 10.8. The maximum Gasteiger partial charge on any atom is 0.0613 e. The average Bonchev–Trinajstić information content (AvgIpc) is 2.18. The van der Waals surface area contributed by atoms with E-state index in [4.69, 9.17) is 4.74 Å². The van der Waals surface area contributed by atoms with E-state index in [1.54, 1.807) is 7.11 Å². The molecular weight excluding hydrogens is 186 g/mol. The molecule has 2 heteroatoms. The van der Waals surface area contributed by atoms with Crippen LogP contribution in [0.25, 0.3) is 0 Å². The lowest BCUT2D eigenvalue weighted by Gasteiger charge is -2.36. The van der Waals surface area contributed by atoms with Gasteiger partial charge in [-0.2, -0.15) is 0 Å². The van der Waals surface area contributed by atoms with Crippen molar-refractivity contribution < 1.29 is 4.74 Å². The van der Waals surface area contributed by atoms with Crippen molar-refractivity contribution in [2.75, 3.05) is 13.7 Å². The van der Waals surface area contributed by atoms with Gasteiger partial charge in [-0.3, -0.25) is 0 Å². The van der Waals surface area contributed by atoms with Gasteiger partial charge in [0.25, 0.3) is 0 Å². The summed E-state index contributed by atoms with van der Waals surface area (Å²) in [5.41, 5.74) is 0. The molecular formula is C13H27NO. The highest BCUT2D eigenvalue weighted by atomic mass is 16.5. The monoisotopic (exact) mass is 213 g/mol. The van der Waals surface area contributed by atoms with Crippen molar-refractivity contribution >= 4 is 0 Å². The van der Waals surface area contributed by atoms with Crippen molar-refractivity contribution in [1.82, 2.24) is 5.32 Å². The summed E-state index contributed by atoms with van der Waals surface area (Å²) < 4.78 is 5.18. The summed E-state index contributed by atoms with van der Waals surface area (Å²) in [5.74, 6) is 1.66. The molecule has 0 aliphatic heterocycles. The first-order valence-corrected chi connectivity index (χ1v) is 6.40. The molecule has 3 atom stereocenters. The summed E-state index contributed by atoms with van der Waals surface area (Å²) in [4.78, 5) is 0. The smallest absolute Gasteiger partial charge is 0.0613 e. The number of methoxy groups -OCH3 is 1. The van der Waals surface area contributed by atoms with Crippen LogP contribution in [-0.4, -0.2) is 25.8 Å². The Morgan fingerprint density at radius 3 is 2.47 bits per heavy atom. The minimum absolute atomic E-state index is 0.486. The van der Waals surface area contributed by atoms with E-state index in [1.807, 2.05) is 0 Å². The average molecular weight is 213 g/mol. The molecule has 1 rings (SSSR count). The minimum atomic E-state index is 0.486. The molecule has 0 bridgehead atoms. The molecule has 2 nitrogen and oxygen atoms in total. The van der Waals surface area contributed by atoms with Gasteiger partial charge in [0.05, 0.1) is 6.61 Å². The molecule has 1 aliphatic rings. The number of rotatable bonds is 5. The predicted molar refractivity (Wildman–Crippen MR) is 65.1 cm³/mol. The standard InChI is InChI=1S/C13H27NO/c1-10(2)12-7-5-6-8-13(12)14-11(3)9-15-4/h10-14H,5-9H2,1-4H3. The first kappa shape index (κ1) is 13.0. The van der Waals surface area contributed by atoms with Crippen molar-refractivity contribution in [3.63, 3.8) is 0 Å². The molecule has 90 valence electrons. The normalized spacial score (nSPS) is 29.4. The summed E-state index contributed by atoms with van der Waals surface area (Å²) in [6, 6.07) is 1.20. The third kappa shape index (κ3) is 4.12. The molecule has 0 aromatic carbocycles. The van der Waals surface area contributed by atoms with Crippen LogP contribution in [0, 0.1) is 11.8 Å². The van der Waals surface area contributed by atoms with Crippen LogP contribution in [0.1, 0.15) is 46.5 Å². The van der Waals surface area contributed by atoms with E-state index in [0.717, 1.165) is 18.4 Å². The van der Waals surface area contributed by atoms with Crippen LogP contribution >= 0.6 is 0 Å². The Morgan fingerprint density at radius 2 is 1.87 bits per heavy atom. The maximum atomic E-state index is 5.18. The van der Waals surface area contributed by atoms with Gasteiger partial charge in [-0.15, -0.1) is 0 Å². The Labute approximate surface area is 94.8 Å². The van der Waals surface area contributed by atoms with Gasteiger partial charge < -0.3 is 10.1 Å². The lowest BCUT2D eigenvalue weighted by molar-refractivity contribution is 0.138. The molecule has 1 N–H and O–H groups in total. The summed E-state index contributed by atoms with van der Waals surface area (Å²) in [5, 5.41) is 3.73. The number of nitrogens with one attached hydrogen (secondary N) is 1. The van der Waals surface area contributed by atoms with Crippen LogP contribution in [0.2, 0.25) is 0 Å². The van der Waals surface area contributed by atoms with Crippen molar-refractivity contribution in [2.45, 2.75) is 58.5 Å². The predicted octanol–water partition coefficient (Wildman–Crippen LogP) is 2.83. The van der Waals surface area contributed by atoms with E-state index in [0.29, 0.717) is 12.1 Å². The van der Waals surface area contributed by atoms with Crippen molar-refractivity contribution in [1.29, 1.82) is 0 Å². The van der Waals surface area contributed by atoms with E-state index in [9.17, 15) is 0 Å².